The third-order valence-electron chi connectivity index (χ3n) is 2.81. The van der Waals surface area contributed by atoms with Crippen molar-refractivity contribution in [3.05, 3.63) is 31.7 Å². The summed E-state index contributed by atoms with van der Waals surface area (Å²) >= 11 is 9.99. The monoisotopic (exact) mass is 574 g/mol. The third kappa shape index (κ3) is 4.61. The molecule has 0 radical (unpaired) electrons. The quantitative estimate of drug-likeness (QED) is 0.300. The second-order valence-corrected chi connectivity index (χ2v) is 8.72. The Kier molecular flexibility index (Phi) is 6.32. The number of hydrogen-bond donors (Lipinski definition) is 1. The molecule has 0 aliphatic carbocycles. The summed E-state index contributed by atoms with van der Waals surface area (Å²) in [6.45, 7) is 0. The number of primary amides is 1. The number of nitrogens with zero attached hydrogens (tertiary/aromatic N) is 1. The molecular formula is C12H6Br3F5N2O2S. The summed E-state index contributed by atoms with van der Waals surface area (Å²) in [4.78, 5) is 12.1. The van der Waals surface area contributed by atoms with Gasteiger partial charge in [-0.25, -0.2) is 8.78 Å². The highest BCUT2D eigenvalue weighted by Crippen LogP contribution is 2.50. The van der Waals surface area contributed by atoms with Gasteiger partial charge in [0.2, 0.25) is 0 Å². The van der Waals surface area contributed by atoms with Crippen LogP contribution in [0.4, 0.5) is 27.6 Å². The molecule has 1 aliphatic rings. The van der Waals surface area contributed by atoms with E-state index in [2.05, 4.69) is 52.5 Å². The molecule has 0 saturated carbocycles. The number of nitrogens with two attached hydrogens (primary N) is 1. The molecule has 2 N–H and O–H groups in total. The predicted molar refractivity (Wildman–Crippen MR) is 93.5 cm³/mol. The summed E-state index contributed by atoms with van der Waals surface area (Å²) in [7, 11) is 0. The van der Waals surface area contributed by atoms with Crippen molar-refractivity contribution in [1.82, 2.24) is 0 Å². The number of carbonyl (C=O) groups excluding carboxylic acids is 1. The van der Waals surface area contributed by atoms with Gasteiger partial charge in [-0.1, -0.05) is 27.7 Å². The highest BCUT2D eigenvalue weighted by molar-refractivity contribution is 9.11. The van der Waals surface area contributed by atoms with Crippen LogP contribution in [0.5, 0.6) is 5.75 Å². The van der Waals surface area contributed by atoms with Crippen LogP contribution in [0, 0.1) is 0 Å². The van der Waals surface area contributed by atoms with E-state index < -0.39 is 34.4 Å². The first-order chi connectivity index (χ1) is 11.4. The van der Waals surface area contributed by atoms with Crippen molar-refractivity contribution >= 4 is 71.1 Å². The fourth-order valence-electron chi connectivity index (χ4n) is 2.00. The average molecular weight is 577 g/mol. The van der Waals surface area contributed by atoms with Gasteiger partial charge in [-0.05, 0) is 44.0 Å². The van der Waals surface area contributed by atoms with Crippen molar-refractivity contribution in [3.8, 4) is 5.75 Å². The molecule has 1 heterocycles. The van der Waals surface area contributed by atoms with E-state index in [1.807, 2.05) is 0 Å². The van der Waals surface area contributed by atoms with Crippen LogP contribution in [0.3, 0.4) is 0 Å². The summed E-state index contributed by atoms with van der Waals surface area (Å²) in [6.07, 6.45) is -7.95. The Labute approximate surface area is 167 Å². The highest BCUT2D eigenvalue weighted by atomic mass is 79.9. The molecule has 1 atom stereocenters. The van der Waals surface area contributed by atoms with E-state index in [4.69, 9.17) is 5.73 Å². The van der Waals surface area contributed by atoms with Crippen LogP contribution in [0.15, 0.2) is 31.7 Å². The second kappa shape index (κ2) is 7.61. The zero-order valence-electron chi connectivity index (χ0n) is 11.6. The fourth-order valence-corrected chi connectivity index (χ4v) is 5.46. The van der Waals surface area contributed by atoms with Crippen molar-refractivity contribution in [2.75, 3.05) is 4.90 Å². The number of anilines is 1. The number of rotatable bonds is 4. The van der Waals surface area contributed by atoms with E-state index in [0.29, 0.717) is 0 Å². The van der Waals surface area contributed by atoms with E-state index in [1.165, 1.54) is 0 Å². The molecule has 2 rings (SSSR count). The summed E-state index contributed by atoms with van der Waals surface area (Å²) in [5.74, 6) is -1.58. The maximum Gasteiger partial charge on any atom is 0.573 e. The Morgan fingerprint density at radius 1 is 1.28 bits per heavy atom. The predicted octanol–water partition coefficient (Wildman–Crippen LogP) is 5.30. The summed E-state index contributed by atoms with van der Waals surface area (Å²) < 4.78 is 67.1. The average Bonchev–Trinajstić information content (AvgIpc) is 2.74. The van der Waals surface area contributed by atoms with Gasteiger partial charge in [-0.3, -0.25) is 4.79 Å². The van der Waals surface area contributed by atoms with Crippen LogP contribution in [0.25, 0.3) is 0 Å². The highest BCUT2D eigenvalue weighted by Gasteiger charge is 2.41. The first-order valence-electron chi connectivity index (χ1n) is 6.09. The molecule has 1 aliphatic heterocycles. The standard InChI is InChI=1S/C12H6Br3F5N2O2S/c13-4-1-3(24-12(18,19)20)2-5(14)6(4)22-7(9(16)17)8(10(21)23)25-11(22)15/h1-2,9,11H,(H2,21,23). The van der Waals surface area contributed by atoms with Gasteiger partial charge in [-0.2, -0.15) is 0 Å². The van der Waals surface area contributed by atoms with Gasteiger partial charge in [0.25, 0.3) is 12.3 Å². The molecule has 1 aromatic carbocycles. The summed E-state index contributed by atoms with van der Waals surface area (Å²) in [6, 6.07) is 1.95. The lowest BCUT2D eigenvalue weighted by Gasteiger charge is -2.27. The Morgan fingerprint density at radius 2 is 1.80 bits per heavy atom. The van der Waals surface area contributed by atoms with Gasteiger partial charge in [0.05, 0.1) is 5.69 Å². The number of thioether (sulfide) groups is 1. The first kappa shape index (κ1) is 20.8. The first-order valence-corrected chi connectivity index (χ1v) is 9.47. The van der Waals surface area contributed by atoms with Crippen LogP contribution >= 0.6 is 59.6 Å². The largest absolute Gasteiger partial charge is 0.573 e. The molecular weight excluding hydrogens is 571 g/mol. The molecule has 4 nitrogen and oxygen atoms in total. The van der Waals surface area contributed by atoms with Crippen molar-refractivity contribution in [2.45, 2.75) is 17.1 Å². The number of halogens is 8. The van der Waals surface area contributed by atoms with E-state index in [-0.39, 0.29) is 19.5 Å². The topological polar surface area (TPSA) is 55.6 Å². The smallest absolute Gasteiger partial charge is 0.406 e. The van der Waals surface area contributed by atoms with Crippen LogP contribution in [-0.4, -0.2) is 23.0 Å². The third-order valence-corrected chi connectivity index (χ3v) is 6.04. The molecule has 13 heteroatoms. The molecule has 0 fully saturated rings. The molecule has 1 aromatic rings. The maximum absolute atomic E-state index is 13.5. The molecule has 1 amide bonds. The normalized spacial score (nSPS) is 18.3. The van der Waals surface area contributed by atoms with Crippen molar-refractivity contribution in [1.29, 1.82) is 0 Å². The van der Waals surface area contributed by atoms with Gasteiger partial charge in [0.1, 0.15) is 20.6 Å². The van der Waals surface area contributed by atoms with Crippen LogP contribution in [0.2, 0.25) is 0 Å². The van der Waals surface area contributed by atoms with Crippen molar-refractivity contribution in [3.63, 3.8) is 0 Å². The summed E-state index contributed by atoms with van der Waals surface area (Å²) in [5.41, 5.74) is 4.56. The van der Waals surface area contributed by atoms with E-state index in [0.717, 1.165) is 28.8 Å². The molecule has 138 valence electrons. The van der Waals surface area contributed by atoms with Crippen molar-refractivity contribution in [2.24, 2.45) is 5.73 Å². The van der Waals surface area contributed by atoms with E-state index in [1.54, 1.807) is 0 Å². The maximum atomic E-state index is 13.5. The second-order valence-electron chi connectivity index (χ2n) is 4.44. The number of carbonyl (C=O) groups is 1. The summed E-state index contributed by atoms with van der Waals surface area (Å²) in [5, 5.41) is 0. The minimum Gasteiger partial charge on any atom is -0.406 e. The van der Waals surface area contributed by atoms with Crippen molar-refractivity contribution < 1.29 is 31.5 Å². The zero-order chi connectivity index (χ0) is 19.1. The van der Waals surface area contributed by atoms with E-state index >= 15 is 0 Å². The van der Waals surface area contributed by atoms with Gasteiger partial charge in [0.15, 0.2) is 0 Å². The number of amides is 1. The molecule has 1 unspecified atom stereocenters. The SMILES string of the molecule is NC(=O)C1=C(C(F)F)N(c2c(Br)cc(OC(F)(F)F)cc2Br)C(Br)S1. The Hall–Kier alpha value is -0.530. The Bertz CT molecular complexity index is 721. The lowest BCUT2D eigenvalue weighted by molar-refractivity contribution is -0.274. The minimum atomic E-state index is -4.91. The van der Waals surface area contributed by atoms with Crippen LogP contribution in [0.1, 0.15) is 0 Å². The molecule has 0 saturated heterocycles. The lowest BCUT2D eigenvalue weighted by atomic mass is 10.2. The molecule has 0 aromatic heterocycles. The number of hydrogen-bond acceptors (Lipinski definition) is 4. The van der Waals surface area contributed by atoms with Gasteiger partial charge >= 0.3 is 6.36 Å². The van der Waals surface area contributed by atoms with Gasteiger partial charge in [0, 0.05) is 8.95 Å². The number of allylic oxidation sites excluding steroid dienone is 1. The number of benzene rings is 1. The molecule has 0 bridgehead atoms. The minimum absolute atomic E-state index is 0.0371. The fraction of sp³-hybridized carbons (Fsp3) is 0.250. The molecule has 0 spiro atoms. The Morgan fingerprint density at radius 3 is 2.20 bits per heavy atom. The lowest BCUT2D eigenvalue weighted by Crippen LogP contribution is -2.28. The Balaban J connectivity index is 2.55. The van der Waals surface area contributed by atoms with Gasteiger partial charge < -0.3 is 15.4 Å². The van der Waals surface area contributed by atoms with Crippen LogP contribution < -0.4 is 15.4 Å². The zero-order valence-corrected chi connectivity index (χ0v) is 17.2. The van der Waals surface area contributed by atoms with Crippen LogP contribution in [-0.2, 0) is 4.79 Å². The molecule has 25 heavy (non-hydrogen) atoms. The number of alkyl halides is 6. The van der Waals surface area contributed by atoms with Gasteiger partial charge in [-0.15, -0.1) is 13.2 Å². The van der Waals surface area contributed by atoms with E-state index in [9.17, 15) is 26.7 Å². The number of ether oxygens (including phenoxy) is 1.